The van der Waals surface area contributed by atoms with Gasteiger partial charge in [0.05, 0.1) is 0 Å². The lowest BCUT2D eigenvalue weighted by molar-refractivity contribution is 0.147. The molecule has 0 saturated carbocycles. The average molecular weight is 310 g/mol. The molecule has 0 atom stereocenters. The lowest BCUT2D eigenvalue weighted by Gasteiger charge is -2.18. The van der Waals surface area contributed by atoms with E-state index in [9.17, 15) is 4.79 Å². The van der Waals surface area contributed by atoms with Crippen molar-refractivity contribution in [2.75, 3.05) is 33.1 Å². The van der Waals surface area contributed by atoms with Crippen LogP contribution in [0.4, 0.5) is 10.5 Å². The number of benzene rings is 1. The maximum Gasteiger partial charge on any atom is 0.429 e. The molecule has 0 heterocycles. The van der Waals surface area contributed by atoms with Crippen LogP contribution >= 0.6 is 24.8 Å². The van der Waals surface area contributed by atoms with E-state index in [1.54, 1.807) is 14.1 Å². The Kier molecular flexibility index (Phi) is 9.39. The van der Waals surface area contributed by atoms with E-state index in [1.807, 2.05) is 44.1 Å². The Morgan fingerprint density at radius 2 is 1.79 bits per heavy atom. The molecule has 0 unspecified atom stereocenters. The number of nitrogens with zero attached hydrogens (tertiary/aromatic N) is 2. The molecule has 7 heteroatoms. The van der Waals surface area contributed by atoms with Crippen molar-refractivity contribution < 1.29 is 9.53 Å². The van der Waals surface area contributed by atoms with Crippen LogP contribution in [-0.2, 0) is 0 Å². The Hall–Kier alpha value is -1.17. The average Bonchev–Trinajstić information content (AvgIpc) is 2.30. The van der Waals surface area contributed by atoms with Crippen molar-refractivity contribution in [1.82, 2.24) is 10.4 Å². The first-order chi connectivity index (χ1) is 7.95. The van der Waals surface area contributed by atoms with Gasteiger partial charge in [-0.25, -0.2) is 15.2 Å². The van der Waals surface area contributed by atoms with Crippen molar-refractivity contribution in [1.29, 1.82) is 0 Å². The van der Waals surface area contributed by atoms with E-state index in [2.05, 4.69) is 5.43 Å². The molecule has 0 aliphatic rings. The largest absolute Gasteiger partial charge is 0.429 e. The SMILES string of the molecule is CNN(C)C(=O)Oc1cc(N(C)C)ccc1C.Cl.Cl. The molecule has 1 aromatic rings. The first kappa shape index (κ1) is 20.2. The van der Waals surface area contributed by atoms with Gasteiger partial charge in [0.2, 0.25) is 0 Å². The van der Waals surface area contributed by atoms with Crippen LogP contribution in [0.3, 0.4) is 0 Å². The highest BCUT2D eigenvalue weighted by molar-refractivity contribution is 5.85. The highest BCUT2D eigenvalue weighted by atomic mass is 35.5. The molecule has 0 saturated heterocycles. The topological polar surface area (TPSA) is 44.8 Å². The maximum atomic E-state index is 11.6. The van der Waals surface area contributed by atoms with Crippen LogP contribution in [0.2, 0.25) is 0 Å². The lowest BCUT2D eigenvalue weighted by atomic mass is 10.2. The normalized spacial score (nSPS) is 8.89. The van der Waals surface area contributed by atoms with Crippen molar-refractivity contribution >= 4 is 36.6 Å². The number of hydrogen-bond donors (Lipinski definition) is 1. The molecule has 0 aromatic heterocycles. The van der Waals surface area contributed by atoms with Crippen molar-refractivity contribution in [3.05, 3.63) is 23.8 Å². The Morgan fingerprint density at radius 3 is 2.26 bits per heavy atom. The summed E-state index contributed by atoms with van der Waals surface area (Å²) in [6.45, 7) is 1.90. The standard InChI is InChI=1S/C12H19N3O2.2ClH/c1-9-6-7-10(14(3)4)8-11(9)17-12(16)15(5)13-2;;/h6-8,13H,1-5H3;2*1H. The van der Waals surface area contributed by atoms with Gasteiger partial charge < -0.3 is 9.64 Å². The number of rotatable bonds is 3. The van der Waals surface area contributed by atoms with Crippen LogP contribution in [0.1, 0.15) is 5.56 Å². The van der Waals surface area contributed by atoms with Crippen LogP contribution in [-0.4, -0.2) is 39.3 Å². The second-order valence-corrected chi connectivity index (χ2v) is 3.99. The molecule has 0 aliphatic carbocycles. The summed E-state index contributed by atoms with van der Waals surface area (Å²) in [4.78, 5) is 13.6. The molecule has 1 aromatic carbocycles. The van der Waals surface area contributed by atoms with Crippen molar-refractivity contribution in [3.8, 4) is 5.75 Å². The van der Waals surface area contributed by atoms with E-state index < -0.39 is 6.09 Å². The number of hydrogen-bond acceptors (Lipinski definition) is 4. The fourth-order valence-electron chi connectivity index (χ4n) is 1.23. The molecule has 0 bridgehead atoms. The molecule has 0 spiro atoms. The minimum atomic E-state index is -0.438. The van der Waals surface area contributed by atoms with Crippen molar-refractivity contribution in [2.24, 2.45) is 0 Å². The Balaban J connectivity index is 0. The number of nitrogens with one attached hydrogen (secondary N) is 1. The summed E-state index contributed by atoms with van der Waals surface area (Å²) in [7, 11) is 7.14. The smallest absolute Gasteiger partial charge is 0.409 e. The molecule has 0 radical (unpaired) electrons. The van der Waals surface area contributed by atoms with E-state index in [1.165, 1.54) is 5.01 Å². The third-order valence-corrected chi connectivity index (χ3v) is 2.49. The molecule has 110 valence electrons. The monoisotopic (exact) mass is 309 g/mol. The van der Waals surface area contributed by atoms with Crippen LogP contribution in [0.25, 0.3) is 0 Å². The zero-order valence-corrected chi connectivity index (χ0v) is 13.4. The molecule has 0 fully saturated rings. The lowest BCUT2D eigenvalue weighted by Crippen LogP contribution is -2.38. The summed E-state index contributed by atoms with van der Waals surface area (Å²) in [5, 5.41) is 1.28. The third kappa shape index (κ3) is 5.55. The minimum Gasteiger partial charge on any atom is -0.409 e. The highest BCUT2D eigenvalue weighted by Crippen LogP contribution is 2.24. The zero-order chi connectivity index (χ0) is 13.0. The van der Waals surface area contributed by atoms with Crippen molar-refractivity contribution in [3.63, 3.8) is 0 Å². The number of ether oxygens (including phenoxy) is 1. The number of aryl methyl sites for hydroxylation is 1. The second kappa shape index (κ2) is 8.85. The Morgan fingerprint density at radius 1 is 1.21 bits per heavy atom. The number of hydrazine groups is 1. The van der Waals surface area contributed by atoms with Gasteiger partial charge in [-0.2, -0.15) is 0 Å². The molecule has 0 aliphatic heterocycles. The van der Waals surface area contributed by atoms with Gasteiger partial charge in [0, 0.05) is 39.9 Å². The van der Waals surface area contributed by atoms with Gasteiger partial charge >= 0.3 is 6.09 Å². The molecule has 1 N–H and O–H groups in total. The van der Waals surface area contributed by atoms with Gasteiger partial charge in [-0.15, -0.1) is 24.8 Å². The van der Waals surface area contributed by atoms with Crippen molar-refractivity contribution in [2.45, 2.75) is 6.92 Å². The molecule has 5 nitrogen and oxygen atoms in total. The third-order valence-electron chi connectivity index (χ3n) is 2.49. The minimum absolute atomic E-state index is 0. The van der Waals surface area contributed by atoms with Crippen LogP contribution in [0, 0.1) is 6.92 Å². The quantitative estimate of drug-likeness (QED) is 0.871. The highest BCUT2D eigenvalue weighted by Gasteiger charge is 2.12. The molecular weight excluding hydrogens is 289 g/mol. The number of anilines is 1. The maximum absolute atomic E-state index is 11.6. The molecule has 1 amide bonds. The van der Waals surface area contributed by atoms with Gasteiger partial charge in [-0.1, -0.05) is 6.07 Å². The summed E-state index contributed by atoms with van der Waals surface area (Å²) in [6.07, 6.45) is -0.438. The first-order valence-corrected chi connectivity index (χ1v) is 5.36. The molecular formula is C12H21Cl2N3O2. The van der Waals surface area contributed by atoms with E-state index in [0.717, 1.165) is 11.3 Å². The summed E-state index contributed by atoms with van der Waals surface area (Å²) < 4.78 is 5.29. The molecule has 19 heavy (non-hydrogen) atoms. The fraction of sp³-hybridized carbons (Fsp3) is 0.417. The summed E-state index contributed by atoms with van der Waals surface area (Å²) in [6, 6.07) is 5.75. The predicted molar refractivity (Wildman–Crippen MR) is 82.8 cm³/mol. The number of amides is 1. The van der Waals surface area contributed by atoms with Crippen LogP contribution < -0.4 is 15.1 Å². The van der Waals surface area contributed by atoms with Crippen LogP contribution in [0.15, 0.2) is 18.2 Å². The predicted octanol–water partition coefficient (Wildman–Crippen LogP) is 2.47. The van der Waals surface area contributed by atoms with E-state index in [-0.39, 0.29) is 24.8 Å². The van der Waals surface area contributed by atoms with E-state index >= 15 is 0 Å². The van der Waals surface area contributed by atoms with Gasteiger partial charge in [-0.05, 0) is 18.6 Å². The summed E-state index contributed by atoms with van der Waals surface area (Å²) in [5.74, 6) is 0.573. The van der Waals surface area contributed by atoms with Gasteiger partial charge in [0.1, 0.15) is 5.75 Å². The first-order valence-electron chi connectivity index (χ1n) is 5.36. The summed E-state index contributed by atoms with van der Waals surface area (Å²) in [5.41, 5.74) is 4.61. The number of carbonyl (C=O) groups is 1. The zero-order valence-electron chi connectivity index (χ0n) is 11.8. The van der Waals surface area contributed by atoms with Crippen LogP contribution in [0.5, 0.6) is 5.75 Å². The fourth-order valence-corrected chi connectivity index (χ4v) is 1.23. The number of carbonyl (C=O) groups excluding carboxylic acids is 1. The Labute approximate surface area is 126 Å². The van der Waals surface area contributed by atoms with E-state index in [4.69, 9.17) is 4.74 Å². The molecule has 1 rings (SSSR count). The summed E-state index contributed by atoms with van der Waals surface area (Å²) >= 11 is 0. The Bertz CT molecular complexity index is 414. The second-order valence-electron chi connectivity index (χ2n) is 3.99. The number of halogens is 2. The van der Waals surface area contributed by atoms with Gasteiger partial charge in [0.15, 0.2) is 0 Å². The van der Waals surface area contributed by atoms with Gasteiger partial charge in [0.25, 0.3) is 0 Å². The van der Waals surface area contributed by atoms with E-state index in [0.29, 0.717) is 5.75 Å². The van der Waals surface area contributed by atoms with Gasteiger partial charge in [-0.3, -0.25) is 0 Å².